The summed E-state index contributed by atoms with van der Waals surface area (Å²) in [6, 6.07) is 24.0. The highest BCUT2D eigenvalue weighted by Gasteiger charge is 2.11. The van der Waals surface area contributed by atoms with Gasteiger partial charge in [-0.15, -0.1) is 0 Å². The first-order valence-electron chi connectivity index (χ1n) is 10.1. The molecule has 1 aromatic heterocycles. The molecular formula is C25H21ClN4O3. The van der Waals surface area contributed by atoms with Crippen molar-refractivity contribution in [3.05, 3.63) is 101 Å². The van der Waals surface area contributed by atoms with Crippen LogP contribution in [0.4, 0.5) is 0 Å². The summed E-state index contributed by atoms with van der Waals surface area (Å²) in [5.74, 6) is 1.02. The zero-order chi connectivity index (χ0) is 23.0. The summed E-state index contributed by atoms with van der Waals surface area (Å²) in [7, 11) is 1.59. The number of rotatable bonds is 8. The van der Waals surface area contributed by atoms with Crippen molar-refractivity contribution in [2.45, 2.75) is 6.61 Å². The van der Waals surface area contributed by atoms with Crippen molar-refractivity contribution in [3.8, 4) is 22.8 Å². The van der Waals surface area contributed by atoms with Crippen molar-refractivity contribution in [2.24, 2.45) is 5.10 Å². The molecule has 4 aromatic rings. The zero-order valence-electron chi connectivity index (χ0n) is 17.8. The summed E-state index contributed by atoms with van der Waals surface area (Å²) in [5, 5.41) is 11.6. The molecule has 33 heavy (non-hydrogen) atoms. The molecule has 166 valence electrons. The molecule has 0 atom stereocenters. The molecule has 0 fully saturated rings. The number of hydrazone groups is 1. The number of hydrogen-bond donors (Lipinski definition) is 2. The summed E-state index contributed by atoms with van der Waals surface area (Å²) in [6.45, 7) is 0.377. The second kappa shape index (κ2) is 10.5. The van der Waals surface area contributed by atoms with E-state index in [2.05, 4.69) is 20.7 Å². The highest BCUT2D eigenvalue weighted by Crippen LogP contribution is 2.23. The number of ether oxygens (including phenoxy) is 2. The normalized spacial score (nSPS) is 10.8. The van der Waals surface area contributed by atoms with Crippen molar-refractivity contribution in [2.75, 3.05) is 7.11 Å². The number of amides is 1. The lowest BCUT2D eigenvalue weighted by molar-refractivity contribution is 0.0950. The molecule has 0 aliphatic heterocycles. The topological polar surface area (TPSA) is 88.6 Å². The lowest BCUT2D eigenvalue weighted by Gasteiger charge is -2.08. The smallest absolute Gasteiger partial charge is 0.289 e. The van der Waals surface area contributed by atoms with Gasteiger partial charge < -0.3 is 9.47 Å². The number of halogens is 1. The second-order valence-corrected chi connectivity index (χ2v) is 7.45. The molecule has 0 bridgehead atoms. The number of carbonyl (C=O) groups excluding carboxylic acids is 1. The summed E-state index contributed by atoms with van der Waals surface area (Å²) >= 11 is 6.16. The molecule has 0 aliphatic rings. The molecule has 7 nitrogen and oxygen atoms in total. The average molecular weight is 461 g/mol. The van der Waals surface area contributed by atoms with Gasteiger partial charge in [0.05, 0.1) is 19.0 Å². The van der Waals surface area contributed by atoms with Gasteiger partial charge in [-0.05, 0) is 54.1 Å². The SMILES string of the molecule is COc1cccc(/C=N/NC(=O)c2cc(-c3ccc(OCc4ccccc4Cl)cc3)n[nH]2)c1. The molecule has 0 spiro atoms. The summed E-state index contributed by atoms with van der Waals surface area (Å²) in [6.07, 6.45) is 1.54. The van der Waals surface area contributed by atoms with Crippen LogP contribution >= 0.6 is 11.6 Å². The molecular weight excluding hydrogens is 440 g/mol. The number of nitrogens with zero attached hydrogens (tertiary/aromatic N) is 2. The van der Waals surface area contributed by atoms with Gasteiger partial charge in [-0.25, -0.2) is 5.43 Å². The van der Waals surface area contributed by atoms with Gasteiger partial charge in [0.1, 0.15) is 23.8 Å². The number of hydrogen-bond acceptors (Lipinski definition) is 5. The van der Waals surface area contributed by atoms with Crippen LogP contribution in [-0.2, 0) is 6.61 Å². The summed E-state index contributed by atoms with van der Waals surface area (Å²) in [5.41, 5.74) is 5.98. The molecule has 0 saturated heterocycles. The Morgan fingerprint density at radius 1 is 1.06 bits per heavy atom. The molecule has 2 N–H and O–H groups in total. The third-order valence-electron chi connectivity index (χ3n) is 4.80. The van der Waals surface area contributed by atoms with E-state index in [4.69, 9.17) is 21.1 Å². The van der Waals surface area contributed by atoms with E-state index in [1.165, 1.54) is 0 Å². The van der Waals surface area contributed by atoms with Gasteiger partial charge in [0, 0.05) is 16.1 Å². The highest BCUT2D eigenvalue weighted by molar-refractivity contribution is 6.31. The fourth-order valence-corrected chi connectivity index (χ4v) is 3.22. The number of methoxy groups -OCH3 is 1. The Kier molecular flexibility index (Phi) is 7.02. The molecule has 0 saturated carbocycles. The van der Waals surface area contributed by atoms with Crippen LogP contribution in [0.3, 0.4) is 0 Å². The van der Waals surface area contributed by atoms with Crippen LogP contribution in [-0.4, -0.2) is 29.4 Å². The summed E-state index contributed by atoms with van der Waals surface area (Å²) in [4.78, 5) is 12.4. The molecule has 0 aliphatic carbocycles. The van der Waals surface area contributed by atoms with Crippen molar-refractivity contribution in [3.63, 3.8) is 0 Å². The number of nitrogens with one attached hydrogen (secondary N) is 2. The highest BCUT2D eigenvalue weighted by atomic mass is 35.5. The van der Waals surface area contributed by atoms with Crippen LogP contribution in [0.15, 0.2) is 84.0 Å². The summed E-state index contributed by atoms with van der Waals surface area (Å²) < 4.78 is 11.0. The van der Waals surface area contributed by atoms with Gasteiger partial charge in [-0.1, -0.05) is 41.9 Å². The Morgan fingerprint density at radius 2 is 1.88 bits per heavy atom. The third kappa shape index (κ3) is 5.78. The number of H-pyrrole nitrogens is 1. The van der Waals surface area contributed by atoms with Gasteiger partial charge in [0.2, 0.25) is 0 Å². The minimum absolute atomic E-state index is 0.298. The van der Waals surface area contributed by atoms with E-state index >= 15 is 0 Å². The molecule has 3 aromatic carbocycles. The Balaban J connectivity index is 1.34. The number of aromatic nitrogens is 2. The van der Waals surface area contributed by atoms with E-state index in [0.29, 0.717) is 34.5 Å². The lowest BCUT2D eigenvalue weighted by Crippen LogP contribution is -2.18. The fourth-order valence-electron chi connectivity index (χ4n) is 3.03. The number of carbonyl (C=O) groups is 1. The standard InChI is InChI=1S/C25H21ClN4O3/c1-32-21-7-4-5-17(13-21)15-27-30-25(31)24-14-23(28-29-24)18-9-11-20(12-10-18)33-16-19-6-2-3-8-22(19)26/h2-15H,16H2,1H3,(H,28,29)(H,30,31)/b27-15+. The maximum atomic E-state index is 12.4. The first kappa shape index (κ1) is 22.1. The average Bonchev–Trinajstić information content (AvgIpc) is 3.34. The van der Waals surface area contributed by atoms with Gasteiger partial charge in [-0.2, -0.15) is 10.2 Å². The Labute approximate surface area is 196 Å². The van der Waals surface area contributed by atoms with Crippen LogP contribution in [0, 0.1) is 0 Å². The second-order valence-electron chi connectivity index (χ2n) is 7.05. The zero-order valence-corrected chi connectivity index (χ0v) is 18.5. The molecule has 0 radical (unpaired) electrons. The van der Waals surface area contributed by atoms with E-state index in [9.17, 15) is 4.79 Å². The molecule has 8 heteroatoms. The maximum absolute atomic E-state index is 12.4. The van der Waals surface area contributed by atoms with Crippen LogP contribution < -0.4 is 14.9 Å². The minimum Gasteiger partial charge on any atom is -0.497 e. The van der Waals surface area contributed by atoms with E-state index < -0.39 is 5.91 Å². The van der Waals surface area contributed by atoms with E-state index in [-0.39, 0.29) is 0 Å². The van der Waals surface area contributed by atoms with Crippen LogP contribution in [0.2, 0.25) is 5.02 Å². The maximum Gasteiger partial charge on any atom is 0.289 e. The predicted molar refractivity (Wildman–Crippen MR) is 128 cm³/mol. The number of aromatic amines is 1. The lowest BCUT2D eigenvalue weighted by atomic mass is 10.1. The molecule has 4 rings (SSSR count). The van der Waals surface area contributed by atoms with Gasteiger partial charge in [-0.3, -0.25) is 9.89 Å². The van der Waals surface area contributed by atoms with E-state index in [1.54, 1.807) is 19.4 Å². The van der Waals surface area contributed by atoms with Crippen LogP contribution in [0.1, 0.15) is 21.6 Å². The van der Waals surface area contributed by atoms with E-state index in [0.717, 1.165) is 16.7 Å². The Bertz CT molecular complexity index is 1270. The van der Waals surface area contributed by atoms with Gasteiger partial charge in [0.15, 0.2) is 0 Å². The third-order valence-corrected chi connectivity index (χ3v) is 5.17. The Morgan fingerprint density at radius 3 is 2.67 bits per heavy atom. The van der Waals surface area contributed by atoms with E-state index in [1.807, 2.05) is 72.8 Å². The fraction of sp³-hybridized carbons (Fsp3) is 0.0800. The molecule has 0 unspecified atom stereocenters. The van der Waals surface area contributed by atoms with Crippen LogP contribution in [0.25, 0.3) is 11.3 Å². The van der Waals surface area contributed by atoms with Gasteiger partial charge in [0.25, 0.3) is 5.91 Å². The molecule has 1 heterocycles. The van der Waals surface area contributed by atoms with Crippen molar-refractivity contribution in [1.29, 1.82) is 0 Å². The first-order valence-corrected chi connectivity index (χ1v) is 10.5. The van der Waals surface area contributed by atoms with Crippen molar-refractivity contribution >= 4 is 23.7 Å². The van der Waals surface area contributed by atoms with Gasteiger partial charge >= 0.3 is 0 Å². The molecule has 1 amide bonds. The first-order chi connectivity index (χ1) is 16.1. The Hall–Kier alpha value is -4.10. The quantitative estimate of drug-likeness (QED) is 0.283. The monoisotopic (exact) mass is 460 g/mol. The van der Waals surface area contributed by atoms with Crippen molar-refractivity contribution in [1.82, 2.24) is 15.6 Å². The van der Waals surface area contributed by atoms with Crippen LogP contribution in [0.5, 0.6) is 11.5 Å². The van der Waals surface area contributed by atoms with Crippen molar-refractivity contribution < 1.29 is 14.3 Å². The minimum atomic E-state index is -0.396. The number of benzene rings is 3. The predicted octanol–water partition coefficient (Wildman–Crippen LogP) is 5.08. The largest absolute Gasteiger partial charge is 0.497 e.